The topological polar surface area (TPSA) is 86.3 Å². The van der Waals surface area contributed by atoms with E-state index in [4.69, 9.17) is 10.6 Å². The van der Waals surface area contributed by atoms with E-state index in [1.54, 1.807) is 31.5 Å². The minimum Gasteiger partial charge on any atom is -0.497 e. The zero-order valence-electron chi connectivity index (χ0n) is 10.6. The van der Waals surface area contributed by atoms with Crippen molar-refractivity contribution >= 4 is 16.8 Å². The van der Waals surface area contributed by atoms with Crippen molar-refractivity contribution in [1.29, 1.82) is 0 Å². The molecule has 1 heterocycles. The Hall–Kier alpha value is -2.34. The van der Waals surface area contributed by atoms with Gasteiger partial charge in [0.25, 0.3) is 0 Å². The van der Waals surface area contributed by atoms with Gasteiger partial charge in [-0.25, -0.2) is 5.84 Å². The highest BCUT2D eigenvalue weighted by atomic mass is 16.5. The third-order valence-electron chi connectivity index (χ3n) is 2.93. The Balaban J connectivity index is 2.43. The molecule has 0 aliphatic carbocycles. The second-order valence-corrected chi connectivity index (χ2v) is 4.07. The summed E-state index contributed by atoms with van der Waals surface area (Å²) in [4.78, 5) is 23.0. The highest BCUT2D eigenvalue weighted by molar-refractivity contribution is 5.81. The SMILES string of the molecule is COc1ccc2c(c1)c(=O)ccn2CCC(=O)NN. The smallest absolute Gasteiger partial charge is 0.235 e. The molecule has 1 aromatic carbocycles. The van der Waals surface area contributed by atoms with Gasteiger partial charge in [0.05, 0.1) is 12.6 Å². The standard InChI is InChI=1S/C13H15N3O3/c1-19-9-2-3-11-10(8-9)12(17)4-6-16(11)7-5-13(18)15-14/h2-4,6,8H,5,7,14H2,1H3,(H,15,18). The molecule has 6 heteroatoms. The first kappa shape index (κ1) is 13.1. The van der Waals surface area contributed by atoms with Crippen LogP contribution in [0.3, 0.4) is 0 Å². The number of nitrogens with one attached hydrogen (secondary N) is 1. The third kappa shape index (κ3) is 2.74. The summed E-state index contributed by atoms with van der Waals surface area (Å²) in [6.07, 6.45) is 1.92. The van der Waals surface area contributed by atoms with Gasteiger partial charge in [0.2, 0.25) is 5.91 Å². The molecule has 0 bridgehead atoms. The first-order valence-corrected chi connectivity index (χ1v) is 5.82. The van der Waals surface area contributed by atoms with Crippen molar-refractivity contribution in [3.63, 3.8) is 0 Å². The lowest BCUT2D eigenvalue weighted by molar-refractivity contribution is -0.121. The summed E-state index contributed by atoms with van der Waals surface area (Å²) in [6, 6.07) is 6.75. The van der Waals surface area contributed by atoms with Crippen LogP contribution in [0.15, 0.2) is 35.3 Å². The van der Waals surface area contributed by atoms with Gasteiger partial charge >= 0.3 is 0 Å². The number of benzene rings is 1. The predicted molar refractivity (Wildman–Crippen MR) is 71.7 cm³/mol. The lowest BCUT2D eigenvalue weighted by atomic mass is 10.2. The highest BCUT2D eigenvalue weighted by Crippen LogP contribution is 2.18. The van der Waals surface area contributed by atoms with Gasteiger partial charge in [0.15, 0.2) is 5.43 Å². The van der Waals surface area contributed by atoms with Gasteiger partial charge in [0, 0.05) is 30.6 Å². The van der Waals surface area contributed by atoms with E-state index < -0.39 is 0 Å². The number of hydrogen-bond donors (Lipinski definition) is 2. The van der Waals surface area contributed by atoms with Crippen molar-refractivity contribution < 1.29 is 9.53 Å². The molecule has 0 unspecified atom stereocenters. The van der Waals surface area contributed by atoms with Crippen molar-refractivity contribution in [2.75, 3.05) is 7.11 Å². The molecule has 0 saturated carbocycles. The number of nitrogens with two attached hydrogens (primary N) is 1. The van der Waals surface area contributed by atoms with Gasteiger partial charge in [0.1, 0.15) is 5.75 Å². The van der Waals surface area contributed by atoms with Crippen LogP contribution in [0.1, 0.15) is 6.42 Å². The van der Waals surface area contributed by atoms with E-state index in [1.807, 2.05) is 4.57 Å². The number of carbonyl (C=O) groups excluding carboxylic acids is 1. The molecule has 19 heavy (non-hydrogen) atoms. The Morgan fingerprint density at radius 2 is 2.21 bits per heavy atom. The fourth-order valence-electron chi connectivity index (χ4n) is 1.91. The maximum absolute atomic E-state index is 11.8. The summed E-state index contributed by atoms with van der Waals surface area (Å²) < 4.78 is 6.94. The van der Waals surface area contributed by atoms with E-state index in [-0.39, 0.29) is 17.8 Å². The van der Waals surface area contributed by atoms with Crippen LogP contribution in [0.5, 0.6) is 5.75 Å². The molecule has 0 aliphatic heterocycles. The maximum Gasteiger partial charge on any atom is 0.235 e. The molecule has 0 radical (unpaired) electrons. The Kier molecular flexibility index (Phi) is 3.82. The maximum atomic E-state index is 11.8. The van der Waals surface area contributed by atoms with Gasteiger partial charge in [-0.2, -0.15) is 0 Å². The van der Waals surface area contributed by atoms with Crippen molar-refractivity contribution in [1.82, 2.24) is 9.99 Å². The van der Waals surface area contributed by atoms with E-state index in [0.717, 1.165) is 5.52 Å². The largest absolute Gasteiger partial charge is 0.497 e. The normalized spacial score (nSPS) is 10.4. The third-order valence-corrected chi connectivity index (χ3v) is 2.93. The van der Waals surface area contributed by atoms with Crippen LogP contribution in [0.4, 0.5) is 0 Å². The number of rotatable bonds is 4. The van der Waals surface area contributed by atoms with Gasteiger partial charge in [-0.15, -0.1) is 0 Å². The van der Waals surface area contributed by atoms with E-state index >= 15 is 0 Å². The zero-order valence-corrected chi connectivity index (χ0v) is 10.6. The Labute approximate surface area is 109 Å². The number of aromatic nitrogens is 1. The summed E-state index contributed by atoms with van der Waals surface area (Å²) in [6.45, 7) is 0.451. The van der Waals surface area contributed by atoms with Crippen LogP contribution in [0.2, 0.25) is 0 Å². The molecule has 100 valence electrons. The molecular formula is C13H15N3O3. The second-order valence-electron chi connectivity index (χ2n) is 4.07. The summed E-state index contributed by atoms with van der Waals surface area (Å²) in [5.74, 6) is 5.41. The number of methoxy groups -OCH3 is 1. The molecule has 0 aliphatic rings. The number of aryl methyl sites for hydroxylation is 1. The van der Waals surface area contributed by atoms with E-state index in [2.05, 4.69) is 5.43 Å². The second kappa shape index (κ2) is 5.53. The molecule has 0 spiro atoms. The molecule has 6 nitrogen and oxygen atoms in total. The van der Waals surface area contributed by atoms with Gasteiger partial charge in [-0.1, -0.05) is 0 Å². The van der Waals surface area contributed by atoms with Gasteiger partial charge in [-0.05, 0) is 18.2 Å². The summed E-state index contributed by atoms with van der Waals surface area (Å²) in [5, 5.41) is 0.565. The zero-order chi connectivity index (χ0) is 13.8. The van der Waals surface area contributed by atoms with Crippen molar-refractivity contribution in [3.8, 4) is 5.75 Å². The molecule has 3 N–H and O–H groups in total. The fraction of sp³-hybridized carbons (Fsp3) is 0.231. The minimum absolute atomic E-state index is 0.0755. The van der Waals surface area contributed by atoms with E-state index in [1.165, 1.54) is 6.07 Å². The average Bonchev–Trinajstić information content (AvgIpc) is 2.46. The number of hydrogen-bond acceptors (Lipinski definition) is 4. The number of ether oxygens (including phenoxy) is 1. The van der Waals surface area contributed by atoms with E-state index in [9.17, 15) is 9.59 Å². The Bertz CT molecular complexity index is 664. The molecular weight excluding hydrogens is 246 g/mol. The van der Waals surface area contributed by atoms with Gasteiger partial charge < -0.3 is 9.30 Å². The van der Waals surface area contributed by atoms with Crippen molar-refractivity contribution in [2.45, 2.75) is 13.0 Å². The Morgan fingerprint density at radius 3 is 2.89 bits per heavy atom. The van der Waals surface area contributed by atoms with Crippen molar-refractivity contribution in [3.05, 3.63) is 40.7 Å². The number of nitrogens with zero attached hydrogens (tertiary/aromatic N) is 1. The van der Waals surface area contributed by atoms with Gasteiger partial charge in [-0.3, -0.25) is 15.0 Å². The quantitative estimate of drug-likeness (QED) is 0.473. The molecule has 0 atom stereocenters. The number of fused-ring (bicyclic) bond motifs is 1. The molecule has 2 rings (SSSR count). The monoisotopic (exact) mass is 261 g/mol. The minimum atomic E-state index is -0.250. The summed E-state index contributed by atoms with van der Waals surface area (Å²) in [5.41, 5.74) is 2.77. The first-order chi connectivity index (χ1) is 9.15. The molecule has 0 fully saturated rings. The number of hydrazine groups is 1. The van der Waals surface area contributed by atoms with Crippen LogP contribution in [-0.4, -0.2) is 17.6 Å². The van der Waals surface area contributed by atoms with Crippen molar-refractivity contribution in [2.24, 2.45) is 5.84 Å². The Morgan fingerprint density at radius 1 is 1.42 bits per heavy atom. The summed E-state index contributed by atoms with van der Waals surface area (Å²) in [7, 11) is 1.55. The molecule has 1 amide bonds. The molecule has 1 aromatic heterocycles. The lowest BCUT2D eigenvalue weighted by Gasteiger charge is -2.11. The van der Waals surface area contributed by atoms with Crippen LogP contribution in [-0.2, 0) is 11.3 Å². The highest BCUT2D eigenvalue weighted by Gasteiger charge is 2.06. The van der Waals surface area contributed by atoms with Crippen LogP contribution in [0, 0.1) is 0 Å². The van der Waals surface area contributed by atoms with Crippen LogP contribution >= 0.6 is 0 Å². The van der Waals surface area contributed by atoms with E-state index in [0.29, 0.717) is 17.7 Å². The number of carbonyl (C=O) groups is 1. The molecule has 2 aromatic rings. The number of amides is 1. The average molecular weight is 261 g/mol. The number of pyridine rings is 1. The first-order valence-electron chi connectivity index (χ1n) is 5.82. The predicted octanol–water partition coefficient (Wildman–Crippen LogP) is 0.390. The molecule has 0 saturated heterocycles. The summed E-state index contributed by atoms with van der Waals surface area (Å²) >= 11 is 0. The van der Waals surface area contributed by atoms with Crippen LogP contribution in [0.25, 0.3) is 10.9 Å². The lowest BCUT2D eigenvalue weighted by Crippen LogP contribution is -2.30. The van der Waals surface area contributed by atoms with Crippen LogP contribution < -0.4 is 21.4 Å². The fourth-order valence-corrected chi connectivity index (χ4v) is 1.91.